The number of rotatable bonds is 5. The second kappa shape index (κ2) is 9.89. The first-order valence-corrected chi connectivity index (χ1v) is 10.3. The molecule has 1 saturated heterocycles. The minimum absolute atomic E-state index is 0.0559. The molecule has 1 fully saturated rings. The van der Waals surface area contributed by atoms with Crippen molar-refractivity contribution in [3.8, 4) is 0 Å². The van der Waals surface area contributed by atoms with Crippen LogP contribution in [0.3, 0.4) is 0 Å². The number of hydrogen-bond donors (Lipinski definition) is 0. The zero-order valence-corrected chi connectivity index (χ0v) is 18.8. The summed E-state index contributed by atoms with van der Waals surface area (Å²) < 4.78 is 44.0. The van der Waals surface area contributed by atoms with E-state index < -0.39 is 23.4 Å². The topological polar surface area (TPSA) is 53.1 Å². The van der Waals surface area contributed by atoms with Crippen molar-refractivity contribution in [3.05, 3.63) is 35.4 Å². The van der Waals surface area contributed by atoms with Crippen molar-refractivity contribution in [1.29, 1.82) is 0 Å². The molecule has 31 heavy (non-hydrogen) atoms. The Morgan fingerprint density at radius 2 is 1.74 bits per heavy atom. The molecule has 6 nitrogen and oxygen atoms in total. The predicted molar refractivity (Wildman–Crippen MR) is 111 cm³/mol. The third-order valence-electron chi connectivity index (χ3n) is 5.20. The number of carbonyl (C=O) groups is 2. The predicted octanol–water partition coefficient (Wildman–Crippen LogP) is 4.00. The summed E-state index contributed by atoms with van der Waals surface area (Å²) in [6.45, 7) is 6.73. The quantitative estimate of drug-likeness (QED) is 0.691. The van der Waals surface area contributed by atoms with Crippen molar-refractivity contribution >= 4 is 12.0 Å². The smallest absolute Gasteiger partial charge is 0.416 e. The number of ether oxygens (including phenoxy) is 1. The van der Waals surface area contributed by atoms with Crippen molar-refractivity contribution in [2.45, 2.75) is 58.0 Å². The number of halogens is 3. The molecule has 1 aromatic rings. The van der Waals surface area contributed by atoms with E-state index in [9.17, 15) is 22.8 Å². The molecule has 0 aromatic heterocycles. The van der Waals surface area contributed by atoms with Gasteiger partial charge in [-0.05, 0) is 52.3 Å². The van der Waals surface area contributed by atoms with Gasteiger partial charge in [-0.1, -0.05) is 18.2 Å². The highest BCUT2D eigenvalue weighted by molar-refractivity contribution is 5.82. The molecule has 0 radical (unpaired) electrons. The maximum atomic E-state index is 12.9. The monoisotopic (exact) mass is 443 g/mol. The van der Waals surface area contributed by atoms with Crippen LogP contribution >= 0.6 is 0 Å². The van der Waals surface area contributed by atoms with Gasteiger partial charge in [0.15, 0.2) is 0 Å². The van der Waals surface area contributed by atoms with Gasteiger partial charge in [0.2, 0.25) is 5.91 Å². The summed E-state index contributed by atoms with van der Waals surface area (Å²) in [5.41, 5.74) is -0.667. The van der Waals surface area contributed by atoms with Gasteiger partial charge in [-0.15, -0.1) is 0 Å². The highest BCUT2D eigenvalue weighted by Crippen LogP contribution is 2.30. The van der Waals surface area contributed by atoms with Crippen molar-refractivity contribution in [2.75, 3.05) is 33.7 Å². The highest BCUT2D eigenvalue weighted by Gasteiger charge is 2.31. The fourth-order valence-corrected chi connectivity index (χ4v) is 3.53. The van der Waals surface area contributed by atoms with E-state index in [1.165, 1.54) is 24.1 Å². The minimum Gasteiger partial charge on any atom is -0.444 e. The number of hydrogen-bond acceptors (Lipinski definition) is 4. The van der Waals surface area contributed by atoms with Gasteiger partial charge < -0.3 is 14.5 Å². The van der Waals surface area contributed by atoms with Crippen LogP contribution in [-0.2, 0) is 22.3 Å². The first kappa shape index (κ1) is 25.0. The lowest BCUT2D eigenvalue weighted by Crippen LogP contribution is -2.48. The van der Waals surface area contributed by atoms with Crippen LogP contribution < -0.4 is 0 Å². The van der Waals surface area contributed by atoms with E-state index in [0.717, 1.165) is 18.9 Å². The van der Waals surface area contributed by atoms with Crippen molar-refractivity contribution in [1.82, 2.24) is 14.7 Å². The Bertz CT molecular complexity index is 769. The number of alkyl halides is 3. The summed E-state index contributed by atoms with van der Waals surface area (Å²) in [6, 6.07) is 5.54. The molecule has 2 rings (SSSR count). The molecule has 1 aliphatic heterocycles. The number of carbonyl (C=O) groups excluding carboxylic acids is 2. The number of benzene rings is 1. The van der Waals surface area contributed by atoms with Gasteiger partial charge in [0, 0.05) is 32.7 Å². The lowest BCUT2D eigenvalue weighted by Gasteiger charge is -2.37. The Hall–Kier alpha value is -2.29. The fourth-order valence-electron chi connectivity index (χ4n) is 3.53. The second-order valence-corrected chi connectivity index (χ2v) is 9.06. The van der Waals surface area contributed by atoms with Gasteiger partial charge in [0.1, 0.15) is 12.1 Å². The standard InChI is InChI=1S/C22H32F3N3O3/c1-21(2,3)31-20(30)27(5)15-19(29)28-11-9-18(10-12-28)26(4)14-16-7-6-8-17(13-16)22(23,24)25/h6-8,13,18H,9-12,14-15H2,1-5H3. The Morgan fingerprint density at radius 3 is 2.29 bits per heavy atom. The first-order chi connectivity index (χ1) is 14.3. The van der Waals surface area contributed by atoms with Gasteiger partial charge in [0.25, 0.3) is 0 Å². The normalized spacial score (nSPS) is 15.8. The third-order valence-corrected chi connectivity index (χ3v) is 5.20. The van der Waals surface area contributed by atoms with Crippen LogP contribution in [0.2, 0.25) is 0 Å². The third kappa shape index (κ3) is 7.72. The van der Waals surface area contributed by atoms with E-state index in [0.29, 0.717) is 25.2 Å². The Balaban J connectivity index is 1.84. The zero-order chi connectivity index (χ0) is 23.4. The molecule has 2 amide bonds. The lowest BCUT2D eigenvalue weighted by atomic mass is 10.0. The largest absolute Gasteiger partial charge is 0.444 e. The van der Waals surface area contributed by atoms with Gasteiger partial charge in [0.05, 0.1) is 5.56 Å². The van der Waals surface area contributed by atoms with Crippen LogP contribution in [0.5, 0.6) is 0 Å². The van der Waals surface area contributed by atoms with Gasteiger partial charge in [-0.25, -0.2) is 4.79 Å². The molecule has 0 N–H and O–H groups in total. The van der Waals surface area contributed by atoms with Crippen molar-refractivity contribution in [3.63, 3.8) is 0 Å². The number of likely N-dealkylation sites (N-methyl/N-ethyl adjacent to an activating group) is 1. The molecule has 0 spiro atoms. The van der Waals surface area contributed by atoms with Crippen molar-refractivity contribution in [2.24, 2.45) is 0 Å². The molecule has 1 aliphatic rings. The maximum absolute atomic E-state index is 12.9. The van der Waals surface area contributed by atoms with E-state index in [1.807, 2.05) is 11.9 Å². The molecule has 174 valence electrons. The summed E-state index contributed by atoms with van der Waals surface area (Å²) in [5, 5.41) is 0. The number of likely N-dealkylation sites (tertiary alicyclic amines) is 1. The molecule has 1 heterocycles. The fraction of sp³-hybridized carbons (Fsp3) is 0.636. The van der Waals surface area contributed by atoms with E-state index >= 15 is 0 Å². The van der Waals surface area contributed by atoms with E-state index in [-0.39, 0.29) is 18.5 Å². The Kier molecular flexibility index (Phi) is 7.97. The van der Waals surface area contributed by atoms with E-state index in [1.54, 1.807) is 31.7 Å². The summed E-state index contributed by atoms with van der Waals surface area (Å²) in [6.07, 6.45) is -3.46. The van der Waals surface area contributed by atoms with Crippen LogP contribution in [0, 0.1) is 0 Å². The Morgan fingerprint density at radius 1 is 1.13 bits per heavy atom. The number of nitrogens with zero attached hydrogens (tertiary/aromatic N) is 3. The van der Waals surface area contributed by atoms with Gasteiger partial charge in [-0.2, -0.15) is 13.2 Å². The summed E-state index contributed by atoms with van der Waals surface area (Å²) in [4.78, 5) is 29.6. The van der Waals surface area contributed by atoms with E-state index in [4.69, 9.17) is 4.74 Å². The zero-order valence-electron chi connectivity index (χ0n) is 18.8. The molecule has 0 unspecified atom stereocenters. The van der Waals surface area contributed by atoms with Crippen LogP contribution in [0.4, 0.5) is 18.0 Å². The lowest BCUT2D eigenvalue weighted by molar-refractivity contribution is -0.137. The molecular formula is C22H32F3N3O3. The Labute approximate surface area is 181 Å². The van der Waals surface area contributed by atoms with Gasteiger partial charge >= 0.3 is 12.3 Å². The minimum atomic E-state index is -4.35. The average Bonchev–Trinajstić information content (AvgIpc) is 2.66. The van der Waals surface area contributed by atoms with E-state index in [2.05, 4.69) is 0 Å². The van der Waals surface area contributed by atoms with Gasteiger partial charge in [-0.3, -0.25) is 9.69 Å². The van der Waals surface area contributed by atoms with Crippen LogP contribution in [-0.4, -0.2) is 72.1 Å². The molecule has 1 aromatic carbocycles. The number of piperidine rings is 1. The van der Waals surface area contributed by atoms with Crippen LogP contribution in [0.15, 0.2) is 24.3 Å². The first-order valence-electron chi connectivity index (χ1n) is 10.3. The molecular weight excluding hydrogens is 411 g/mol. The highest BCUT2D eigenvalue weighted by atomic mass is 19.4. The molecule has 9 heteroatoms. The molecule has 0 saturated carbocycles. The average molecular weight is 444 g/mol. The molecule has 0 atom stereocenters. The summed E-state index contributed by atoms with van der Waals surface area (Å²) >= 11 is 0. The SMILES string of the molecule is CN(CC(=O)N1CCC(N(C)Cc2cccc(C(F)(F)F)c2)CC1)C(=O)OC(C)(C)C. The molecule has 0 bridgehead atoms. The second-order valence-electron chi connectivity index (χ2n) is 9.06. The maximum Gasteiger partial charge on any atom is 0.416 e. The van der Waals surface area contributed by atoms with Crippen LogP contribution in [0.25, 0.3) is 0 Å². The molecule has 0 aliphatic carbocycles. The van der Waals surface area contributed by atoms with Crippen molar-refractivity contribution < 1.29 is 27.5 Å². The summed E-state index contributed by atoms with van der Waals surface area (Å²) in [5.74, 6) is -0.146. The number of amides is 2. The summed E-state index contributed by atoms with van der Waals surface area (Å²) in [7, 11) is 3.42. The van der Waals surface area contributed by atoms with Crippen LogP contribution in [0.1, 0.15) is 44.7 Å².